The maximum Gasteiger partial charge on any atom is 0.274 e. The number of aromatic amines is 1. The number of hydrogen-bond acceptors (Lipinski definition) is 5. The van der Waals surface area contributed by atoms with Crippen LogP contribution in [0.15, 0.2) is 47.3 Å². The third-order valence-electron chi connectivity index (χ3n) is 5.75. The first-order valence-corrected chi connectivity index (χ1v) is 9.45. The lowest BCUT2D eigenvalue weighted by Crippen LogP contribution is -2.61. The first-order valence-electron chi connectivity index (χ1n) is 9.45. The fourth-order valence-electron chi connectivity index (χ4n) is 4.27. The van der Waals surface area contributed by atoms with Gasteiger partial charge in [0, 0.05) is 19.2 Å². The van der Waals surface area contributed by atoms with Crippen molar-refractivity contribution in [1.29, 1.82) is 0 Å². The number of carbonyl (C=O) groups excluding carboxylic acids is 1. The highest BCUT2D eigenvalue weighted by atomic mass is 16.3. The number of amides is 1. The molecular formula is C20H24N4O3. The van der Waals surface area contributed by atoms with Crippen LogP contribution in [0.5, 0.6) is 0 Å². The van der Waals surface area contributed by atoms with Gasteiger partial charge in [0.15, 0.2) is 0 Å². The first kappa shape index (κ1) is 17.9. The van der Waals surface area contributed by atoms with Crippen LogP contribution >= 0.6 is 0 Å². The van der Waals surface area contributed by atoms with Gasteiger partial charge in [-0.1, -0.05) is 30.3 Å². The van der Waals surface area contributed by atoms with Crippen LogP contribution in [-0.2, 0) is 5.60 Å². The first-order chi connectivity index (χ1) is 13.1. The minimum atomic E-state index is -0.985. The fraction of sp³-hybridized carbons (Fsp3) is 0.450. The van der Waals surface area contributed by atoms with E-state index in [-0.39, 0.29) is 23.2 Å². The van der Waals surface area contributed by atoms with Crippen molar-refractivity contribution in [2.24, 2.45) is 0 Å². The Balaban J connectivity index is 1.62. The molecule has 7 nitrogen and oxygen atoms in total. The number of H-pyrrole nitrogens is 1. The van der Waals surface area contributed by atoms with Gasteiger partial charge in [-0.3, -0.25) is 14.5 Å². The van der Waals surface area contributed by atoms with Crippen molar-refractivity contribution in [1.82, 2.24) is 20.0 Å². The van der Waals surface area contributed by atoms with E-state index in [9.17, 15) is 14.7 Å². The molecule has 2 N–H and O–H groups in total. The predicted octanol–water partition coefficient (Wildman–Crippen LogP) is 0.968. The number of piperidine rings is 1. The smallest absolute Gasteiger partial charge is 0.274 e. The van der Waals surface area contributed by atoms with Crippen molar-refractivity contribution in [2.45, 2.75) is 30.9 Å². The summed E-state index contributed by atoms with van der Waals surface area (Å²) in [5, 5.41) is 17.8. The zero-order valence-corrected chi connectivity index (χ0v) is 15.2. The van der Waals surface area contributed by atoms with Gasteiger partial charge in [0.05, 0.1) is 6.04 Å². The van der Waals surface area contributed by atoms with Gasteiger partial charge in [0.2, 0.25) is 0 Å². The van der Waals surface area contributed by atoms with Gasteiger partial charge >= 0.3 is 0 Å². The van der Waals surface area contributed by atoms with E-state index in [0.29, 0.717) is 19.5 Å². The SMILES string of the molecule is O=C(c1ccc(=O)[nH]n1)N1CC[C@](O)(c2ccccc2)[C@H](N2CCCC2)C1. The Morgan fingerprint density at radius 2 is 1.85 bits per heavy atom. The summed E-state index contributed by atoms with van der Waals surface area (Å²) in [6, 6.07) is 12.3. The zero-order valence-electron chi connectivity index (χ0n) is 15.2. The van der Waals surface area contributed by atoms with Gasteiger partial charge in [-0.25, -0.2) is 5.10 Å². The molecule has 3 heterocycles. The molecule has 142 valence electrons. The van der Waals surface area contributed by atoms with E-state index < -0.39 is 5.60 Å². The Morgan fingerprint density at radius 3 is 2.52 bits per heavy atom. The molecular weight excluding hydrogens is 344 g/mol. The van der Waals surface area contributed by atoms with Crippen LogP contribution in [0, 0.1) is 0 Å². The molecule has 0 unspecified atom stereocenters. The van der Waals surface area contributed by atoms with Gasteiger partial charge in [-0.05, 0) is 44.0 Å². The summed E-state index contributed by atoms with van der Waals surface area (Å²) in [5.74, 6) is -0.217. The van der Waals surface area contributed by atoms with Crippen LogP contribution < -0.4 is 5.56 Å². The van der Waals surface area contributed by atoms with Crippen LogP contribution in [0.25, 0.3) is 0 Å². The average molecular weight is 368 g/mol. The van der Waals surface area contributed by atoms with Crippen molar-refractivity contribution in [3.05, 3.63) is 64.1 Å². The Bertz CT molecular complexity index is 843. The number of rotatable bonds is 3. The summed E-state index contributed by atoms with van der Waals surface area (Å²) in [6.07, 6.45) is 2.68. The number of nitrogens with one attached hydrogen (secondary N) is 1. The number of aliphatic hydroxyl groups is 1. The lowest BCUT2D eigenvalue weighted by Gasteiger charge is -2.48. The number of benzene rings is 1. The monoisotopic (exact) mass is 368 g/mol. The van der Waals surface area contributed by atoms with E-state index in [1.807, 2.05) is 30.3 Å². The number of likely N-dealkylation sites (tertiary alicyclic amines) is 2. The van der Waals surface area contributed by atoms with Gasteiger partial charge in [0.1, 0.15) is 11.3 Å². The molecule has 7 heteroatoms. The highest BCUT2D eigenvalue weighted by Crippen LogP contribution is 2.37. The summed E-state index contributed by atoms with van der Waals surface area (Å²) in [7, 11) is 0. The minimum Gasteiger partial charge on any atom is -0.383 e. The summed E-state index contributed by atoms with van der Waals surface area (Å²) in [5.41, 5.74) is -0.199. The lowest BCUT2D eigenvalue weighted by molar-refractivity contribution is -0.0878. The van der Waals surface area contributed by atoms with E-state index in [0.717, 1.165) is 31.5 Å². The van der Waals surface area contributed by atoms with Crippen LogP contribution in [0.1, 0.15) is 35.3 Å². The molecule has 0 spiro atoms. The van der Waals surface area contributed by atoms with Gasteiger partial charge < -0.3 is 10.0 Å². The molecule has 27 heavy (non-hydrogen) atoms. The average Bonchev–Trinajstić information content (AvgIpc) is 3.23. The van der Waals surface area contributed by atoms with Gasteiger partial charge in [0.25, 0.3) is 11.5 Å². The maximum atomic E-state index is 12.9. The Hall–Kier alpha value is -2.51. The van der Waals surface area contributed by atoms with E-state index >= 15 is 0 Å². The van der Waals surface area contributed by atoms with Crippen LogP contribution in [0.2, 0.25) is 0 Å². The number of hydrogen-bond donors (Lipinski definition) is 2. The zero-order chi connectivity index (χ0) is 18.9. The standard InChI is InChI=1S/C20H24N4O3/c25-18-9-8-16(21-22-18)19(26)24-13-10-20(27,15-6-2-1-3-7-15)17(14-24)23-11-4-5-12-23/h1-3,6-9,17,27H,4-5,10-14H2,(H,22,25)/t17-,20+/m1/s1. The Kier molecular flexibility index (Phi) is 4.80. The molecule has 2 aliphatic heterocycles. The predicted molar refractivity (Wildman–Crippen MR) is 100 cm³/mol. The second-order valence-corrected chi connectivity index (χ2v) is 7.36. The lowest BCUT2D eigenvalue weighted by atomic mass is 9.79. The summed E-state index contributed by atoms with van der Waals surface area (Å²) in [6.45, 7) is 2.73. The number of aromatic nitrogens is 2. The van der Waals surface area contributed by atoms with Crippen LogP contribution in [0.4, 0.5) is 0 Å². The van der Waals surface area contributed by atoms with Gasteiger partial charge in [-0.2, -0.15) is 5.10 Å². The summed E-state index contributed by atoms with van der Waals surface area (Å²) < 4.78 is 0. The topological polar surface area (TPSA) is 89.5 Å². The summed E-state index contributed by atoms with van der Waals surface area (Å²) in [4.78, 5) is 28.1. The van der Waals surface area contributed by atoms with Crippen molar-refractivity contribution in [3.63, 3.8) is 0 Å². The molecule has 0 radical (unpaired) electrons. The molecule has 2 aliphatic rings. The van der Waals surface area contributed by atoms with Crippen LogP contribution in [0.3, 0.4) is 0 Å². The van der Waals surface area contributed by atoms with E-state index in [2.05, 4.69) is 15.1 Å². The van der Waals surface area contributed by atoms with Crippen molar-refractivity contribution < 1.29 is 9.90 Å². The van der Waals surface area contributed by atoms with E-state index in [1.165, 1.54) is 12.1 Å². The molecule has 2 fully saturated rings. The molecule has 0 saturated carbocycles. The molecule has 2 aromatic rings. The van der Waals surface area contributed by atoms with E-state index in [4.69, 9.17) is 0 Å². The molecule has 1 aromatic carbocycles. The molecule has 2 atom stereocenters. The highest BCUT2D eigenvalue weighted by molar-refractivity contribution is 5.92. The third-order valence-corrected chi connectivity index (χ3v) is 5.75. The van der Waals surface area contributed by atoms with Crippen molar-refractivity contribution in [3.8, 4) is 0 Å². The maximum absolute atomic E-state index is 12.9. The second-order valence-electron chi connectivity index (χ2n) is 7.36. The van der Waals surface area contributed by atoms with Gasteiger partial charge in [-0.15, -0.1) is 0 Å². The molecule has 0 aliphatic carbocycles. The third kappa shape index (κ3) is 3.40. The fourth-order valence-corrected chi connectivity index (χ4v) is 4.27. The second kappa shape index (κ2) is 7.25. The largest absolute Gasteiger partial charge is 0.383 e. The van der Waals surface area contributed by atoms with Crippen LogP contribution in [-0.4, -0.2) is 63.2 Å². The quantitative estimate of drug-likeness (QED) is 0.843. The minimum absolute atomic E-state index is 0.164. The van der Waals surface area contributed by atoms with Crippen molar-refractivity contribution >= 4 is 5.91 Å². The molecule has 4 rings (SSSR count). The van der Waals surface area contributed by atoms with Crippen molar-refractivity contribution in [2.75, 3.05) is 26.2 Å². The molecule has 2 saturated heterocycles. The Morgan fingerprint density at radius 1 is 1.11 bits per heavy atom. The normalized spacial score (nSPS) is 26.3. The summed E-state index contributed by atoms with van der Waals surface area (Å²) >= 11 is 0. The number of nitrogens with zero attached hydrogens (tertiary/aromatic N) is 3. The van der Waals surface area contributed by atoms with E-state index in [1.54, 1.807) is 4.90 Å². The molecule has 1 amide bonds. The number of carbonyl (C=O) groups is 1. The molecule has 0 bridgehead atoms. The highest BCUT2D eigenvalue weighted by Gasteiger charge is 2.47. The molecule has 1 aromatic heterocycles. The Labute approximate surface area is 157 Å².